The van der Waals surface area contributed by atoms with E-state index in [-0.39, 0.29) is 19.3 Å². The molecule has 0 spiro atoms. The molecule has 0 rings (SSSR count). The second kappa shape index (κ2) is 4.03. The van der Waals surface area contributed by atoms with Crippen molar-refractivity contribution in [3.63, 3.8) is 0 Å². The van der Waals surface area contributed by atoms with Crippen LogP contribution in [0.5, 0.6) is 0 Å². The summed E-state index contributed by atoms with van der Waals surface area (Å²) in [6.07, 6.45) is -0.00725. The monoisotopic (exact) mass is 176 g/mol. The molecule has 0 radical (unpaired) electrons. The van der Waals surface area contributed by atoms with Gasteiger partial charge in [-0.05, 0) is 6.42 Å². The lowest BCUT2D eigenvalue weighted by atomic mass is 10.1. The number of primary amides is 1. The number of hydrogen-bond acceptors (Lipinski definition) is 4. The number of amides is 1. The molecule has 0 aliphatic carbocycles. The third-order valence-corrected chi connectivity index (χ3v) is 1.35. The molecule has 1 amide bonds. The van der Waals surface area contributed by atoms with Gasteiger partial charge in [-0.3, -0.25) is 10.5 Å². The van der Waals surface area contributed by atoms with E-state index in [1.165, 1.54) is 0 Å². The molecular weight excluding hydrogens is 164 g/mol. The number of rotatable bonds is 5. The van der Waals surface area contributed by atoms with E-state index in [0.29, 0.717) is 0 Å². The quantitative estimate of drug-likeness (QED) is 0.374. The van der Waals surface area contributed by atoms with Gasteiger partial charge >= 0.3 is 5.97 Å². The number of carboxylic acids is 1. The molecule has 0 heterocycles. The van der Waals surface area contributed by atoms with Crippen molar-refractivity contribution in [2.45, 2.75) is 25.0 Å². The molecule has 12 heavy (non-hydrogen) atoms. The van der Waals surface area contributed by atoms with Crippen molar-refractivity contribution >= 4 is 11.9 Å². The average Bonchev–Trinajstić information content (AvgIpc) is 1.85. The van der Waals surface area contributed by atoms with Crippen LogP contribution in [0.4, 0.5) is 0 Å². The van der Waals surface area contributed by atoms with E-state index in [4.69, 9.17) is 21.7 Å². The highest BCUT2D eigenvalue weighted by atomic mass is 16.4. The lowest BCUT2D eigenvalue weighted by molar-refractivity contribution is -0.158. The Morgan fingerprint density at radius 2 is 1.92 bits per heavy atom. The standard InChI is InChI=1S/C6H12N2O4/c7-4(9)2-1-3-6(8,12)5(10)11/h12H,1-3,8H2,(H2,7,9)(H,10,11). The lowest BCUT2D eigenvalue weighted by Gasteiger charge is -2.16. The first kappa shape index (κ1) is 10.9. The Hall–Kier alpha value is -1.14. The number of carbonyl (C=O) groups excluding carboxylic acids is 1. The number of hydrogen-bond donors (Lipinski definition) is 4. The molecule has 6 heteroatoms. The van der Waals surface area contributed by atoms with Gasteiger partial charge in [-0.15, -0.1) is 0 Å². The van der Waals surface area contributed by atoms with Crippen LogP contribution < -0.4 is 11.5 Å². The molecule has 0 fully saturated rings. The zero-order chi connectivity index (χ0) is 9.78. The van der Waals surface area contributed by atoms with E-state index < -0.39 is 17.6 Å². The van der Waals surface area contributed by atoms with Crippen LogP contribution in [0.1, 0.15) is 19.3 Å². The summed E-state index contributed by atoms with van der Waals surface area (Å²) in [6, 6.07) is 0. The van der Waals surface area contributed by atoms with Gasteiger partial charge in [0, 0.05) is 12.8 Å². The molecule has 6 N–H and O–H groups in total. The van der Waals surface area contributed by atoms with Gasteiger partial charge in [-0.25, -0.2) is 4.79 Å². The number of carboxylic acid groups (broad SMARTS) is 1. The molecular formula is C6H12N2O4. The Balaban J connectivity index is 3.76. The van der Waals surface area contributed by atoms with E-state index in [2.05, 4.69) is 0 Å². The van der Waals surface area contributed by atoms with Crippen molar-refractivity contribution in [1.82, 2.24) is 0 Å². The molecule has 0 aliphatic heterocycles. The summed E-state index contributed by atoms with van der Waals surface area (Å²) in [6.45, 7) is 0. The van der Waals surface area contributed by atoms with Crippen molar-refractivity contribution in [2.75, 3.05) is 0 Å². The van der Waals surface area contributed by atoms with Gasteiger partial charge in [-0.2, -0.15) is 0 Å². The summed E-state index contributed by atoms with van der Waals surface area (Å²) in [5.41, 5.74) is 7.48. The maximum absolute atomic E-state index is 10.2. The molecule has 70 valence electrons. The van der Waals surface area contributed by atoms with Crippen LogP contribution in [-0.2, 0) is 9.59 Å². The minimum atomic E-state index is -2.25. The van der Waals surface area contributed by atoms with Crippen molar-refractivity contribution < 1.29 is 19.8 Å². The number of carbonyl (C=O) groups is 2. The van der Waals surface area contributed by atoms with Crippen LogP contribution >= 0.6 is 0 Å². The maximum atomic E-state index is 10.2. The highest BCUT2D eigenvalue weighted by molar-refractivity contribution is 5.76. The van der Waals surface area contributed by atoms with Crippen molar-refractivity contribution in [2.24, 2.45) is 11.5 Å². The second-order valence-electron chi connectivity index (χ2n) is 2.55. The molecule has 1 atom stereocenters. The van der Waals surface area contributed by atoms with Gasteiger partial charge < -0.3 is 15.9 Å². The fourth-order valence-corrected chi connectivity index (χ4v) is 0.639. The SMILES string of the molecule is NC(=O)CCCC(N)(O)C(=O)O. The Labute approximate surface area is 69.2 Å². The molecule has 0 bridgehead atoms. The predicted molar refractivity (Wildman–Crippen MR) is 39.8 cm³/mol. The van der Waals surface area contributed by atoms with Gasteiger partial charge in [0.1, 0.15) is 0 Å². The summed E-state index contributed by atoms with van der Waals surface area (Å²) < 4.78 is 0. The first-order valence-electron chi connectivity index (χ1n) is 3.39. The van der Waals surface area contributed by atoms with Gasteiger partial charge in [-0.1, -0.05) is 0 Å². The molecule has 0 saturated heterocycles. The van der Waals surface area contributed by atoms with E-state index in [9.17, 15) is 9.59 Å². The largest absolute Gasteiger partial charge is 0.478 e. The highest BCUT2D eigenvalue weighted by Gasteiger charge is 2.29. The Morgan fingerprint density at radius 1 is 1.42 bits per heavy atom. The number of aliphatic carboxylic acids is 1. The normalized spacial score (nSPS) is 15.2. The van der Waals surface area contributed by atoms with Crippen molar-refractivity contribution in [1.29, 1.82) is 0 Å². The molecule has 0 saturated carbocycles. The summed E-state index contributed by atoms with van der Waals surface area (Å²) >= 11 is 0. The number of aliphatic hydroxyl groups is 1. The highest BCUT2D eigenvalue weighted by Crippen LogP contribution is 2.07. The molecule has 6 nitrogen and oxygen atoms in total. The van der Waals surface area contributed by atoms with E-state index >= 15 is 0 Å². The lowest BCUT2D eigenvalue weighted by Crippen LogP contribution is -2.47. The van der Waals surface area contributed by atoms with Crippen molar-refractivity contribution in [3.8, 4) is 0 Å². The fourth-order valence-electron chi connectivity index (χ4n) is 0.639. The molecule has 0 aromatic heterocycles. The summed E-state index contributed by atoms with van der Waals surface area (Å²) in [4.78, 5) is 20.4. The number of nitrogens with two attached hydrogens (primary N) is 2. The first-order valence-corrected chi connectivity index (χ1v) is 3.39. The Bertz CT molecular complexity index is 190. The van der Waals surface area contributed by atoms with E-state index in [0.717, 1.165) is 0 Å². The summed E-state index contributed by atoms with van der Waals surface area (Å²) in [7, 11) is 0. The van der Waals surface area contributed by atoms with Crippen LogP contribution in [0.2, 0.25) is 0 Å². The predicted octanol–water partition coefficient (Wildman–Crippen LogP) is -1.63. The molecule has 1 unspecified atom stereocenters. The Morgan fingerprint density at radius 3 is 2.25 bits per heavy atom. The topological polar surface area (TPSA) is 127 Å². The minimum Gasteiger partial charge on any atom is -0.478 e. The smallest absolute Gasteiger partial charge is 0.350 e. The maximum Gasteiger partial charge on any atom is 0.350 e. The van der Waals surface area contributed by atoms with E-state index in [1.807, 2.05) is 0 Å². The third-order valence-electron chi connectivity index (χ3n) is 1.35. The first-order chi connectivity index (χ1) is 5.36. The summed E-state index contributed by atoms with van der Waals surface area (Å²) in [5.74, 6) is -2.05. The van der Waals surface area contributed by atoms with Crippen LogP contribution in [0, 0.1) is 0 Å². The van der Waals surface area contributed by atoms with E-state index in [1.54, 1.807) is 0 Å². The van der Waals surface area contributed by atoms with Gasteiger partial charge in [0.25, 0.3) is 0 Å². The molecule has 0 aromatic carbocycles. The van der Waals surface area contributed by atoms with Crippen LogP contribution in [0.3, 0.4) is 0 Å². The fraction of sp³-hybridized carbons (Fsp3) is 0.667. The van der Waals surface area contributed by atoms with Crippen LogP contribution in [0.25, 0.3) is 0 Å². The Kier molecular flexibility index (Phi) is 3.65. The zero-order valence-electron chi connectivity index (χ0n) is 6.49. The average molecular weight is 176 g/mol. The third kappa shape index (κ3) is 3.89. The van der Waals surface area contributed by atoms with Gasteiger partial charge in [0.05, 0.1) is 0 Å². The van der Waals surface area contributed by atoms with Crippen molar-refractivity contribution in [3.05, 3.63) is 0 Å². The molecule has 0 aliphatic rings. The van der Waals surface area contributed by atoms with Crippen LogP contribution in [0.15, 0.2) is 0 Å². The zero-order valence-corrected chi connectivity index (χ0v) is 6.49. The van der Waals surface area contributed by atoms with Gasteiger partial charge in [0.15, 0.2) is 0 Å². The summed E-state index contributed by atoms with van der Waals surface area (Å²) in [5, 5.41) is 17.2. The minimum absolute atomic E-state index is 0.0206. The second-order valence-corrected chi connectivity index (χ2v) is 2.55. The van der Waals surface area contributed by atoms with Crippen LogP contribution in [-0.4, -0.2) is 27.8 Å². The molecule has 0 aromatic rings. The van der Waals surface area contributed by atoms with Gasteiger partial charge in [0.2, 0.25) is 11.6 Å².